The van der Waals surface area contributed by atoms with E-state index in [4.69, 9.17) is 0 Å². The molecule has 0 spiro atoms. The molecule has 0 aliphatic rings. The quantitative estimate of drug-likeness (QED) is 0.693. The fraction of sp³-hybridized carbons (Fsp3) is 1.00. The first-order valence-electron chi connectivity index (χ1n) is 6.08. The van der Waals surface area contributed by atoms with Crippen LogP contribution in [0.1, 0.15) is 54.4 Å². The summed E-state index contributed by atoms with van der Waals surface area (Å²) >= 11 is 0. The van der Waals surface area contributed by atoms with E-state index in [1.807, 2.05) is 0 Å². The molecule has 0 saturated heterocycles. The van der Waals surface area contributed by atoms with Crippen LogP contribution in [0.5, 0.6) is 0 Å². The van der Waals surface area contributed by atoms with Crippen LogP contribution in [-0.2, 0) is 0 Å². The van der Waals surface area contributed by atoms with E-state index in [2.05, 4.69) is 41.5 Å². The highest BCUT2D eigenvalue weighted by Crippen LogP contribution is 2.26. The normalized spacial score (nSPS) is 20.6. The summed E-state index contributed by atoms with van der Waals surface area (Å²) in [7, 11) is 0. The van der Waals surface area contributed by atoms with Gasteiger partial charge in [0.05, 0.1) is 6.10 Å². The van der Waals surface area contributed by atoms with Crippen LogP contribution < -0.4 is 0 Å². The number of aliphatic hydroxyl groups excluding tert-OH is 1. The maximum Gasteiger partial charge on any atom is 0.0593 e. The Morgan fingerprint density at radius 1 is 0.929 bits per heavy atom. The third kappa shape index (κ3) is 4.45. The van der Waals surface area contributed by atoms with E-state index in [9.17, 15) is 5.11 Å². The van der Waals surface area contributed by atoms with Crippen molar-refractivity contribution in [2.75, 3.05) is 0 Å². The fourth-order valence-electron chi connectivity index (χ4n) is 2.11. The molecule has 0 aromatic carbocycles. The van der Waals surface area contributed by atoms with Gasteiger partial charge in [0, 0.05) is 0 Å². The summed E-state index contributed by atoms with van der Waals surface area (Å²) in [5.74, 6) is 2.16. The molecular formula is C13H28O. The molecule has 14 heavy (non-hydrogen) atoms. The van der Waals surface area contributed by atoms with Crippen molar-refractivity contribution in [3.63, 3.8) is 0 Å². The third-order valence-electron chi connectivity index (χ3n) is 3.51. The summed E-state index contributed by atoms with van der Waals surface area (Å²) in [6.07, 6.45) is 2.15. The predicted molar refractivity (Wildman–Crippen MR) is 63.2 cm³/mol. The van der Waals surface area contributed by atoms with Gasteiger partial charge in [-0.3, -0.25) is 0 Å². The maximum absolute atomic E-state index is 10.1. The first-order chi connectivity index (χ1) is 6.40. The summed E-state index contributed by atoms with van der Waals surface area (Å²) < 4.78 is 0. The zero-order valence-electron chi connectivity index (χ0n) is 10.7. The summed E-state index contributed by atoms with van der Waals surface area (Å²) in [4.78, 5) is 0. The molecule has 0 aliphatic carbocycles. The molecule has 1 N–H and O–H groups in total. The van der Waals surface area contributed by atoms with Crippen LogP contribution in [0.3, 0.4) is 0 Å². The largest absolute Gasteiger partial charge is 0.393 e. The molecule has 0 fully saturated rings. The highest BCUT2D eigenvalue weighted by atomic mass is 16.3. The Bertz CT molecular complexity index is 142. The van der Waals surface area contributed by atoms with E-state index >= 15 is 0 Å². The van der Waals surface area contributed by atoms with Gasteiger partial charge in [-0.1, -0.05) is 48.0 Å². The Morgan fingerprint density at radius 2 is 1.43 bits per heavy atom. The molecule has 0 aliphatic heterocycles. The lowest BCUT2D eigenvalue weighted by Crippen LogP contribution is -2.30. The number of hydrogen-bond donors (Lipinski definition) is 1. The van der Waals surface area contributed by atoms with Crippen molar-refractivity contribution in [2.45, 2.75) is 60.5 Å². The molecule has 86 valence electrons. The van der Waals surface area contributed by atoms with Crippen LogP contribution in [0, 0.1) is 23.7 Å². The zero-order chi connectivity index (χ0) is 11.3. The molecule has 0 aromatic rings. The molecule has 1 heteroatoms. The van der Waals surface area contributed by atoms with E-state index < -0.39 is 0 Å². The summed E-state index contributed by atoms with van der Waals surface area (Å²) in [5, 5.41) is 10.1. The Labute approximate surface area is 89.9 Å². The average Bonchev–Trinajstić information content (AvgIpc) is 2.13. The Balaban J connectivity index is 4.09. The molecule has 0 rings (SSSR count). The molecule has 0 saturated carbocycles. The zero-order valence-corrected chi connectivity index (χ0v) is 10.7. The van der Waals surface area contributed by atoms with Gasteiger partial charge < -0.3 is 5.11 Å². The highest BCUT2D eigenvalue weighted by molar-refractivity contribution is 4.75. The predicted octanol–water partition coefficient (Wildman–Crippen LogP) is 3.71. The molecule has 1 nitrogen and oxygen atoms in total. The van der Waals surface area contributed by atoms with E-state index in [0.29, 0.717) is 23.7 Å². The lowest BCUT2D eigenvalue weighted by atomic mass is 9.81. The van der Waals surface area contributed by atoms with Crippen molar-refractivity contribution in [1.82, 2.24) is 0 Å². The van der Waals surface area contributed by atoms with Gasteiger partial charge in [-0.25, -0.2) is 0 Å². The lowest BCUT2D eigenvalue weighted by molar-refractivity contribution is 0.0328. The molecule has 0 aromatic heterocycles. The molecule has 0 amide bonds. The minimum absolute atomic E-state index is 0.132. The topological polar surface area (TPSA) is 20.2 Å². The van der Waals surface area contributed by atoms with Gasteiger partial charge in [0.2, 0.25) is 0 Å². The number of rotatable bonds is 6. The second-order valence-corrected chi connectivity index (χ2v) is 5.34. The highest BCUT2D eigenvalue weighted by Gasteiger charge is 2.24. The molecular weight excluding hydrogens is 172 g/mol. The van der Waals surface area contributed by atoms with Gasteiger partial charge in [0.25, 0.3) is 0 Å². The van der Waals surface area contributed by atoms with Crippen LogP contribution in [0.25, 0.3) is 0 Å². The van der Waals surface area contributed by atoms with Crippen LogP contribution in [0.4, 0.5) is 0 Å². The van der Waals surface area contributed by atoms with Crippen LogP contribution >= 0.6 is 0 Å². The van der Waals surface area contributed by atoms with Gasteiger partial charge in [-0.15, -0.1) is 0 Å². The van der Waals surface area contributed by atoms with Crippen molar-refractivity contribution in [2.24, 2.45) is 23.7 Å². The van der Waals surface area contributed by atoms with E-state index in [1.165, 1.54) is 0 Å². The first kappa shape index (κ1) is 14.0. The second kappa shape index (κ2) is 6.44. The summed E-state index contributed by atoms with van der Waals surface area (Å²) in [5.41, 5.74) is 0. The van der Waals surface area contributed by atoms with Crippen molar-refractivity contribution in [3.05, 3.63) is 0 Å². The van der Waals surface area contributed by atoms with Crippen molar-refractivity contribution in [3.8, 4) is 0 Å². The Morgan fingerprint density at radius 3 is 1.79 bits per heavy atom. The average molecular weight is 200 g/mol. The van der Waals surface area contributed by atoms with E-state index in [1.54, 1.807) is 0 Å². The van der Waals surface area contributed by atoms with Gasteiger partial charge in [-0.2, -0.15) is 0 Å². The SMILES string of the molecule is CCC(C)C(C)C(O)C(C)CC(C)C. The standard InChI is InChI=1S/C13H28O/c1-7-10(4)12(6)13(14)11(5)8-9(2)3/h9-14H,7-8H2,1-6H3. The third-order valence-corrected chi connectivity index (χ3v) is 3.51. The van der Waals surface area contributed by atoms with Crippen LogP contribution in [-0.4, -0.2) is 11.2 Å². The first-order valence-corrected chi connectivity index (χ1v) is 6.08. The summed E-state index contributed by atoms with van der Waals surface area (Å²) in [6.45, 7) is 13.2. The lowest BCUT2D eigenvalue weighted by Gasteiger charge is -2.29. The number of aliphatic hydroxyl groups is 1. The maximum atomic E-state index is 10.1. The second-order valence-electron chi connectivity index (χ2n) is 5.34. The molecule has 0 heterocycles. The molecule has 4 unspecified atom stereocenters. The van der Waals surface area contributed by atoms with Crippen LogP contribution in [0.15, 0.2) is 0 Å². The minimum atomic E-state index is -0.132. The van der Waals surface area contributed by atoms with E-state index in [0.717, 1.165) is 12.8 Å². The van der Waals surface area contributed by atoms with Crippen LogP contribution in [0.2, 0.25) is 0 Å². The van der Waals surface area contributed by atoms with Crippen molar-refractivity contribution in [1.29, 1.82) is 0 Å². The fourth-order valence-corrected chi connectivity index (χ4v) is 2.11. The van der Waals surface area contributed by atoms with Gasteiger partial charge in [-0.05, 0) is 30.1 Å². The minimum Gasteiger partial charge on any atom is -0.393 e. The van der Waals surface area contributed by atoms with Gasteiger partial charge >= 0.3 is 0 Å². The smallest absolute Gasteiger partial charge is 0.0593 e. The van der Waals surface area contributed by atoms with Crippen molar-refractivity contribution >= 4 is 0 Å². The van der Waals surface area contributed by atoms with E-state index in [-0.39, 0.29) is 6.10 Å². The Kier molecular flexibility index (Phi) is 6.43. The molecule has 0 bridgehead atoms. The van der Waals surface area contributed by atoms with Crippen molar-refractivity contribution < 1.29 is 5.11 Å². The molecule has 0 radical (unpaired) electrons. The molecule has 4 atom stereocenters. The van der Waals surface area contributed by atoms with Gasteiger partial charge in [0.15, 0.2) is 0 Å². The monoisotopic (exact) mass is 200 g/mol. The van der Waals surface area contributed by atoms with Gasteiger partial charge in [0.1, 0.15) is 0 Å². The summed E-state index contributed by atoms with van der Waals surface area (Å²) in [6, 6.07) is 0. The number of hydrogen-bond acceptors (Lipinski definition) is 1. The Hall–Kier alpha value is -0.0400.